The van der Waals surface area contributed by atoms with Crippen molar-refractivity contribution >= 4 is 27.6 Å². The van der Waals surface area contributed by atoms with Crippen LogP contribution >= 0.6 is 15.9 Å². The second-order valence-corrected chi connectivity index (χ2v) is 5.03. The third-order valence-corrected chi connectivity index (χ3v) is 3.42. The second kappa shape index (κ2) is 6.75. The fourth-order valence-electron chi connectivity index (χ4n) is 1.61. The van der Waals surface area contributed by atoms with Crippen LogP contribution in [0.4, 0.5) is 5.69 Å². The van der Waals surface area contributed by atoms with Gasteiger partial charge in [-0.1, -0.05) is 12.1 Å². The SMILES string of the molecule is COCCC(C)(Nc1ccccc1Br)C(=O)OC. The Bertz CT molecular complexity index is 411. The molecular weight excluding hydrogens is 298 g/mol. The van der Waals surface area contributed by atoms with Crippen LogP contribution in [0.2, 0.25) is 0 Å². The second-order valence-electron chi connectivity index (χ2n) is 4.17. The smallest absolute Gasteiger partial charge is 0.331 e. The molecule has 4 nitrogen and oxygen atoms in total. The van der Waals surface area contributed by atoms with Crippen LogP contribution in [0.5, 0.6) is 0 Å². The number of nitrogens with one attached hydrogen (secondary N) is 1. The summed E-state index contributed by atoms with van der Waals surface area (Å²) in [6.45, 7) is 2.28. The Balaban J connectivity index is 2.91. The monoisotopic (exact) mass is 315 g/mol. The molecule has 1 unspecified atom stereocenters. The summed E-state index contributed by atoms with van der Waals surface area (Å²) in [6, 6.07) is 7.63. The lowest BCUT2D eigenvalue weighted by Gasteiger charge is -2.29. The first-order valence-corrected chi connectivity index (χ1v) is 6.43. The third-order valence-electron chi connectivity index (χ3n) is 2.73. The molecule has 0 saturated heterocycles. The molecule has 0 aliphatic heterocycles. The first kappa shape index (κ1) is 15.0. The number of benzene rings is 1. The van der Waals surface area contributed by atoms with Gasteiger partial charge in [0.05, 0.1) is 7.11 Å². The van der Waals surface area contributed by atoms with Crippen molar-refractivity contribution in [2.75, 3.05) is 26.1 Å². The van der Waals surface area contributed by atoms with Crippen molar-refractivity contribution in [2.24, 2.45) is 0 Å². The van der Waals surface area contributed by atoms with Crippen molar-refractivity contribution in [1.29, 1.82) is 0 Å². The van der Waals surface area contributed by atoms with E-state index in [4.69, 9.17) is 9.47 Å². The van der Waals surface area contributed by atoms with Crippen molar-refractivity contribution in [3.8, 4) is 0 Å². The van der Waals surface area contributed by atoms with Crippen LogP contribution in [0.1, 0.15) is 13.3 Å². The van der Waals surface area contributed by atoms with E-state index in [-0.39, 0.29) is 5.97 Å². The van der Waals surface area contributed by atoms with Crippen molar-refractivity contribution in [2.45, 2.75) is 18.9 Å². The number of rotatable bonds is 6. The molecule has 0 aliphatic rings. The normalized spacial score (nSPS) is 13.8. The average molecular weight is 316 g/mol. The molecule has 1 rings (SSSR count). The summed E-state index contributed by atoms with van der Waals surface area (Å²) < 4.78 is 10.8. The van der Waals surface area contributed by atoms with Gasteiger partial charge in [-0.3, -0.25) is 0 Å². The van der Waals surface area contributed by atoms with E-state index < -0.39 is 5.54 Å². The molecule has 1 aromatic carbocycles. The van der Waals surface area contributed by atoms with Crippen LogP contribution < -0.4 is 5.32 Å². The van der Waals surface area contributed by atoms with Crippen molar-refractivity contribution in [1.82, 2.24) is 0 Å². The molecule has 1 aromatic rings. The highest BCUT2D eigenvalue weighted by Crippen LogP contribution is 2.27. The molecule has 0 saturated carbocycles. The molecule has 0 amide bonds. The van der Waals surface area contributed by atoms with E-state index in [0.29, 0.717) is 13.0 Å². The van der Waals surface area contributed by atoms with Gasteiger partial charge < -0.3 is 14.8 Å². The lowest BCUT2D eigenvalue weighted by molar-refractivity contribution is -0.146. The number of hydrogen-bond acceptors (Lipinski definition) is 4. The lowest BCUT2D eigenvalue weighted by atomic mass is 9.98. The fraction of sp³-hybridized carbons (Fsp3) is 0.462. The molecule has 1 atom stereocenters. The van der Waals surface area contributed by atoms with E-state index in [1.807, 2.05) is 24.3 Å². The molecule has 0 spiro atoms. The summed E-state index contributed by atoms with van der Waals surface area (Å²) in [4.78, 5) is 11.9. The van der Waals surface area contributed by atoms with Crippen molar-refractivity contribution < 1.29 is 14.3 Å². The van der Waals surface area contributed by atoms with Gasteiger partial charge in [0.15, 0.2) is 0 Å². The predicted octanol–water partition coefficient (Wildman–Crippen LogP) is 2.83. The Kier molecular flexibility index (Phi) is 5.62. The number of halogens is 1. The zero-order valence-electron chi connectivity index (χ0n) is 10.8. The van der Waals surface area contributed by atoms with E-state index in [0.717, 1.165) is 10.2 Å². The predicted molar refractivity (Wildman–Crippen MR) is 74.7 cm³/mol. The zero-order valence-corrected chi connectivity index (χ0v) is 12.4. The maximum Gasteiger partial charge on any atom is 0.331 e. The maximum atomic E-state index is 11.9. The summed E-state index contributed by atoms with van der Waals surface area (Å²) >= 11 is 3.44. The van der Waals surface area contributed by atoms with Crippen LogP contribution in [-0.2, 0) is 14.3 Å². The molecule has 0 bridgehead atoms. The lowest BCUT2D eigenvalue weighted by Crippen LogP contribution is -2.45. The van der Waals surface area contributed by atoms with Crippen molar-refractivity contribution in [3.05, 3.63) is 28.7 Å². The number of anilines is 1. The number of hydrogen-bond donors (Lipinski definition) is 1. The minimum Gasteiger partial charge on any atom is -0.467 e. The average Bonchev–Trinajstić information content (AvgIpc) is 2.38. The third kappa shape index (κ3) is 3.71. The Morgan fingerprint density at radius 2 is 2.06 bits per heavy atom. The Hall–Kier alpha value is -1.07. The van der Waals surface area contributed by atoms with Gasteiger partial charge >= 0.3 is 5.97 Å². The van der Waals surface area contributed by atoms with Gasteiger partial charge in [0.1, 0.15) is 5.54 Å². The number of carbonyl (C=O) groups is 1. The highest BCUT2D eigenvalue weighted by molar-refractivity contribution is 9.10. The van der Waals surface area contributed by atoms with Crippen LogP contribution in [0.15, 0.2) is 28.7 Å². The van der Waals surface area contributed by atoms with Gasteiger partial charge in [-0.15, -0.1) is 0 Å². The molecule has 100 valence electrons. The van der Waals surface area contributed by atoms with Gasteiger partial charge in [-0.2, -0.15) is 0 Å². The number of ether oxygens (including phenoxy) is 2. The van der Waals surface area contributed by atoms with Crippen molar-refractivity contribution in [3.63, 3.8) is 0 Å². The van der Waals surface area contributed by atoms with E-state index in [1.54, 1.807) is 14.0 Å². The van der Waals surface area contributed by atoms with Crippen LogP contribution in [0.25, 0.3) is 0 Å². The van der Waals surface area contributed by atoms with E-state index in [2.05, 4.69) is 21.2 Å². The largest absolute Gasteiger partial charge is 0.467 e. The number of esters is 1. The summed E-state index contributed by atoms with van der Waals surface area (Å²) in [5, 5.41) is 3.21. The quantitative estimate of drug-likeness (QED) is 0.820. The van der Waals surface area contributed by atoms with Crippen LogP contribution in [0.3, 0.4) is 0 Å². The summed E-state index contributed by atoms with van der Waals surface area (Å²) in [5.74, 6) is -0.310. The van der Waals surface area contributed by atoms with Gasteiger partial charge in [0, 0.05) is 30.3 Å². The van der Waals surface area contributed by atoms with Gasteiger partial charge in [0.2, 0.25) is 0 Å². The summed E-state index contributed by atoms with van der Waals surface area (Å²) in [5.41, 5.74) is 0.0377. The number of carbonyl (C=O) groups excluding carboxylic acids is 1. The van der Waals surface area contributed by atoms with E-state index in [1.165, 1.54) is 7.11 Å². The highest BCUT2D eigenvalue weighted by atomic mass is 79.9. The topological polar surface area (TPSA) is 47.6 Å². The first-order chi connectivity index (χ1) is 8.53. The molecule has 1 N–H and O–H groups in total. The molecule has 18 heavy (non-hydrogen) atoms. The summed E-state index contributed by atoms with van der Waals surface area (Å²) in [7, 11) is 2.99. The molecule has 0 radical (unpaired) electrons. The minimum atomic E-state index is -0.811. The first-order valence-electron chi connectivity index (χ1n) is 5.63. The minimum absolute atomic E-state index is 0.310. The summed E-state index contributed by atoms with van der Waals surface area (Å²) in [6.07, 6.45) is 0.525. The van der Waals surface area contributed by atoms with Crippen LogP contribution in [0, 0.1) is 0 Å². The molecule has 0 fully saturated rings. The van der Waals surface area contributed by atoms with Crippen LogP contribution in [-0.4, -0.2) is 32.3 Å². The Morgan fingerprint density at radius 3 is 2.61 bits per heavy atom. The Labute approximate surface area is 116 Å². The van der Waals surface area contributed by atoms with Gasteiger partial charge in [-0.25, -0.2) is 4.79 Å². The molecule has 0 aromatic heterocycles. The highest BCUT2D eigenvalue weighted by Gasteiger charge is 2.34. The van der Waals surface area contributed by atoms with Gasteiger partial charge in [0.25, 0.3) is 0 Å². The fourth-order valence-corrected chi connectivity index (χ4v) is 1.99. The van der Waals surface area contributed by atoms with E-state index >= 15 is 0 Å². The standard InChI is InChI=1S/C13H18BrNO3/c1-13(8-9-17-2,12(16)18-3)15-11-7-5-4-6-10(11)14/h4-7,15H,8-9H2,1-3H3. The number of methoxy groups -OCH3 is 2. The maximum absolute atomic E-state index is 11.9. The molecule has 0 aliphatic carbocycles. The molecule has 0 heterocycles. The molecule has 5 heteroatoms. The Morgan fingerprint density at radius 1 is 1.39 bits per heavy atom. The molecular formula is C13H18BrNO3. The van der Waals surface area contributed by atoms with Gasteiger partial charge in [-0.05, 0) is 35.0 Å². The number of para-hydroxylation sites is 1. The van der Waals surface area contributed by atoms with E-state index in [9.17, 15) is 4.79 Å². The zero-order chi connectivity index (χ0) is 13.6.